The fourth-order valence-corrected chi connectivity index (χ4v) is 3.01. The number of rotatable bonds is 0. The monoisotopic (exact) mass is 269 g/mol. The first-order valence-electron chi connectivity index (χ1n) is 6.07. The molecule has 4 nitrogen and oxygen atoms in total. The Morgan fingerprint density at radius 3 is 3.06 bits per heavy atom. The molecule has 3 atom stereocenters. The van der Waals surface area contributed by atoms with E-state index in [1.807, 2.05) is 7.05 Å². The second-order valence-electron chi connectivity index (χ2n) is 5.19. The van der Waals surface area contributed by atoms with E-state index in [2.05, 4.69) is 4.90 Å². The van der Waals surface area contributed by atoms with Gasteiger partial charge in [-0.3, -0.25) is 0 Å². The van der Waals surface area contributed by atoms with Gasteiger partial charge in [-0.05, 0) is 25.2 Å². The average molecular weight is 270 g/mol. The molecule has 0 aliphatic carbocycles. The molecule has 2 aliphatic heterocycles. The number of ether oxygens (including phenoxy) is 1. The number of likely N-dealkylation sites (tertiary alicyclic amines) is 1. The van der Waals surface area contributed by atoms with Gasteiger partial charge in [-0.25, -0.2) is 0 Å². The van der Waals surface area contributed by atoms with Crippen molar-refractivity contribution in [2.75, 3.05) is 20.1 Å². The molecule has 98 valence electrons. The van der Waals surface area contributed by atoms with E-state index >= 15 is 0 Å². The van der Waals surface area contributed by atoms with Gasteiger partial charge in [0.25, 0.3) is 0 Å². The molecule has 3 unspecified atom stereocenters. The lowest BCUT2D eigenvalue weighted by Crippen LogP contribution is -2.58. The quantitative estimate of drug-likeness (QED) is 0.748. The van der Waals surface area contributed by atoms with Gasteiger partial charge in [0.1, 0.15) is 5.75 Å². The maximum Gasteiger partial charge on any atom is 0.216 e. The Morgan fingerprint density at radius 1 is 1.50 bits per heavy atom. The molecule has 1 aromatic rings. The number of halogens is 1. The zero-order valence-corrected chi connectivity index (χ0v) is 10.9. The van der Waals surface area contributed by atoms with Crippen LogP contribution in [-0.4, -0.2) is 41.0 Å². The Balaban J connectivity index is 2.03. The molecule has 0 saturated carbocycles. The highest BCUT2D eigenvalue weighted by Crippen LogP contribution is 2.46. The summed E-state index contributed by atoms with van der Waals surface area (Å²) in [7, 11) is 1.97. The molecule has 18 heavy (non-hydrogen) atoms. The summed E-state index contributed by atoms with van der Waals surface area (Å²) in [6.07, 6.45) is -0.256. The molecule has 1 fully saturated rings. The molecule has 0 bridgehead atoms. The van der Waals surface area contributed by atoms with Crippen LogP contribution in [0, 0.1) is 5.92 Å². The van der Waals surface area contributed by atoms with Crippen molar-refractivity contribution in [1.29, 1.82) is 0 Å². The highest BCUT2D eigenvalue weighted by Gasteiger charge is 2.50. The first-order chi connectivity index (χ1) is 8.49. The summed E-state index contributed by atoms with van der Waals surface area (Å²) >= 11 is 5.94. The second-order valence-corrected chi connectivity index (χ2v) is 5.63. The van der Waals surface area contributed by atoms with E-state index in [0.29, 0.717) is 29.3 Å². The topological polar surface area (TPSA) is 52.9 Å². The van der Waals surface area contributed by atoms with Crippen LogP contribution in [0.3, 0.4) is 0 Å². The predicted octanol–water partition coefficient (Wildman–Crippen LogP) is 1.41. The highest BCUT2D eigenvalue weighted by atomic mass is 35.5. The summed E-state index contributed by atoms with van der Waals surface area (Å²) in [5.41, 5.74) is 0.660. The largest absolute Gasteiger partial charge is 0.462 e. The van der Waals surface area contributed by atoms with E-state index in [1.165, 1.54) is 0 Å². The lowest BCUT2D eigenvalue weighted by molar-refractivity contribution is -0.239. The molecule has 5 heteroatoms. The molecule has 0 radical (unpaired) electrons. The smallest absolute Gasteiger partial charge is 0.216 e. The van der Waals surface area contributed by atoms with E-state index in [9.17, 15) is 10.2 Å². The van der Waals surface area contributed by atoms with Crippen molar-refractivity contribution in [2.45, 2.75) is 18.3 Å². The van der Waals surface area contributed by atoms with Crippen LogP contribution in [0.2, 0.25) is 5.02 Å². The van der Waals surface area contributed by atoms with Crippen LogP contribution in [0.15, 0.2) is 18.2 Å². The van der Waals surface area contributed by atoms with Gasteiger partial charge in [-0.15, -0.1) is 0 Å². The maximum absolute atomic E-state index is 10.6. The van der Waals surface area contributed by atoms with Gasteiger partial charge in [-0.2, -0.15) is 0 Å². The average Bonchev–Trinajstić information content (AvgIpc) is 2.33. The summed E-state index contributed by atoms with van der Waals surface area (Å²) < 4.78 is 5.71. The number of aliphatic hydroxyl groups excluding tert-OH is 1. The number of benzene rings is 1. The number of piperidine rings is 1. The minimum absolute atomic E-state index is 0.345. The first-order valence-corrected chi connectivity index (χ1v) is 6.45. The normalized spacial score (nSPS) is 35.6. The van der Waals surface area contributed by atoms with Gasteiger partial charge in [0.2, 0.25) is 5.79 Å². The molecule has 3 rings (SSSR count). The van der Waals surface area contributed by atoms with Crippen LogP contribution in [0.5, 0.6) is 5.75 Å². The van der Waals surface area contributed by atoms with Crippen LogP contribution in [-0.2, 0) is 0 Å². The van der Waals surface area contributed by atoms with Crippen LogP contribution < -0.4 is 4.74 Å². The number of hydrogen-bond acceptors (Lipinski definition) is 4. The summed E-state index contributed by atoms with van der Waals surface area (Å²) in [6, 6.07) is 5.11. The lowest BCUT2D eigenvalue weighted by atomic mass is 9.81. The van der Waals surface area contributed by atoms with Crippen molar-refractivity contribution in [2.24, 2.45) is 5.92 Å². The molecule has 2 N–H and O–H groups in total. The van der Waals surface area contributed by atoms with Gasteiger partial charge >= 0.3 is 0 Å². The summed E-state index contributed by atoms with van der Waals surface area (Å²) in [5.74, 6) is -1.09. The van der Waals surface area contributed by atoms with Crippen LogP contribution >= 0.6 is 11.6 Å². The van der Waals surface area contributed by atoms with Crippen molar-refractivity contribution in [1.82, 2.24) is 4.90 Å². The highest BCUT2D eigenvalue weighted by molar-refractivity contribution is 6.30. The fraction of sp³-hybridized carbons (Fsp3) is 0.538. The molecule has 0 aromatic heterocycles. The number of aliphatic hydroxyl groups is 2. The Morgan fingerprint density at radius 2 is 2.28 bits per heavy atom. The zero-order valence-electron chi connectivity index (χ0n) is 10.1. The Hall–Kier alpha value is -0.810. The van der Waals surface area contributed by atoms with Crippen molar-refractivity contribution in [3.05, 3.63) is 28.8 Å². The Labute approximate surface area is 111 Å². The first kappa shape index (κ1) is 12.2. The summed E-state index contributed by atoms with van der Waals surface area (Å²) in [5, 5.41) is 21.6. The summed E-state index contributed by atoms with van der Waals surface area (Å²) in [4.78, 5) is 2.08. The minimum Gasteiger partial charge on any atom is -0.462 e. The zero-order chi connectivity index (χ0) is 12.9. The molecule has 1 aromatic carbocycles. The van der Waals surface area contributed by atoms with Crippen molar-refractivity contribution < 1.29 is 14.9 Å². The van der Waals surface area contributed by atoms with Crippen LogP contribution in [0.4, 0.5) is 0 Å². The van der Waals surface area contributed by atoms with E-state index < -0.39 is 11.9 Å². The third-order valence-electron chi connectivity index (χ3n) is 3.90. The molecule has 2 heterocycles. The number of fused-ring (bicyclic) bond motifs is 2. The SMILES string of the molecule is CN1CCC2(O)Oc3ccc(Cl)cc3C(O)C2C1. The number of hydrogen-bond donors (Lipinski definition) is 2. The lowest BCUT2D eigenvalue weighted by Gasteiger charge is -2.48. The third-order valence-corrected chi connectivity index (χ3v) is 4.13. The van der Waals surface area contributed by atoms with Gasteiger partial charge in [0.15, 0.2) is 0 Å². The molecule has 0 spiro atoms. The van der Waals surface area contributed by atoms with E-state index in [1.54, 1.807) is 18.2 Å². The van der Waals surface area contributed by atoms with Crippen molar-refractivity contribution >= 4 is 11.6 Å². The molecular weight excluding hydrogens is 254 g/mol. The second kappa shape index (κ2) is 4.10. The number of nitrogens with zero attached hydrogens (tertiary/aromatic N) is 1. The standard InChI is InChI=1S/C13H16ClNO3/c1-15-5-4-13(17)10(7-15)12(16)9-6-8(14)2-3-11(9)18-13/h2-3,6,10,12,16-17H,4-5,7H2,1H3. The van der Waals surface area contributed by atoms with Crippen molar-refractivity contribution in [3.63, 3.8) is 0 Å². The molecule has 0 amide bonds. The third kappa shape index (κ3) is 1.80. The van der Waals surface area contributed by atoms with E-state index in [-0.39, 0.29) is 5.92 Å². The van der Waals surface area contributed by atoms with Crippen LogP contribution in [0.1, 0.15) is 18.1 Å². The maximum atomic E-state index is 10.6. The fourth-order valence-electron chi connectivity index (χ4n) is 2.83. The predicted molar refractivity (Wildman–Crippen MR) is 67.6 cm³/mol. The van der Waals surface area contributed by atoms with Gasteiger partial charge < -0.3 is 19.8 Å². The van der Waals surface area contributed by atoms with E-state index in [0.717, 1.165) is 6.54 Å². The van der Waals surface area contributed by atoms with Crippen LogP contribution in [0.25, 0.3) is 0 Å². The molecular formula is C13H16ClNO3. The summed E-state index contributed by atoms with van der Waals surface area (Å²) in [6.45, 7) is 1.35. The van der Waals surface area contributed by atoms with Gasteiger partial charge in [0.05, 0.1) is 12.0 Å². The molecule has 2 aliphatic rings. The minimum atomic E-state index is -1.27. The Kier molecular flexibility index (Phi) is 2.79. The Bertz CT molecular complexity index is 481. The van der Waals surface area contributed by atoms with Gasteiger partial charge in [-0.1, -0.05) is 11.6 Å². The van der Waals surface area contributed by atoms with Gasteiger partial charge in [0, 0.05) is 30.1 Å². The van der Waals surface area contributed by atoms with Crippen molar-refractivity contribution in [3.8, 4) is 5.75 Å². The molecule has 1 saturated heterocycles. The van der Waals surface area contributed by atoms with E-state index in [4.69, 9.17) is 16.3 Å².